The van der Waals surface area contributed by atoms with Crippen molar-refractivity contribution in [3.05, 3.63) is 154 Å². The summed E-state index contributed by atoms with van der Waals surface area (Å²) < 4.78 is 3.97. The predicted octanol–water partition coefficient (Wildman–Crippen LogP) is 7.86. The van der Waals surface area contributed by atoms with Gasteiger partial charge >= 0.3 is 0 Å². The third-order valence-corrected chi connectivity index (χ3v) is 13.0. The molecule has 0 saturated carbocycles. The molecular weight excluding hydrogens is 745 g/mol. The summed E-state index contributed by atoms with van der Waals surface area (Å²) in [4.78, 5) is 29.6. The van der Waals surface area contributed by atoms with Crippen LogP contribution in [0.4, 0.5) is 0 Å². The van der Waals surface area contributed by atoms with E-state index < -0.39 is 0 Å². The normalized spacial score (nSPS) is 12.8. The molecule has 8 aromatic rings. The van der Waals surface area contributed by atoms with Crippen LogP contribution in [0.25, 0.3) is 21.6 Å². The molecule has 1 aliphatic rings. The van der Waals surface area contributed by atoms with Gasteiger partial charge in [0.25, 0.3) is 0 Å². The monoisotopic (exact) mass is 780 g/mol. The average molecular weight is 781 g/mol. The first-order valence-corrected chi connectivity index (χ1v) is 21.0. The summed E-state index contributed by atoms with van der Waals surface area (Å²) in [7, 11) is 0. The van der Waals surface area contributed by atoms with E-state index in [0.29, 0.717) is 21.7 Å². The Hall–Kier alpha value is -5.50. The first-order chi connectivity index (χ1) is 27.1. The van der Waals surface area contributed by atoms with Gasteiger partial charge in [0.15, 0.2) is 16.0 Å². The summed E-state index contributed by atoms with van der Waals surface area (Å²) in [6.45, 7) is 0. The summed E-state index contributed by atoms with van der Waals surface area (Å²) in [5, 5.41) is 27.3. The van der Waals surface area contributed by atoms with E-state index in [2.05, 4.69) is 25.9 Å². The van der Waals surface area contributed by atoms with E-state index in [-0.39, 0.29) is 35.4 Å². The van der Waals surface area contributed by atoms with E-state index in [0.717, 1.165) is 58.2 Å². The zero-order valence-corrected chi connectivity index (χ0v) is 32.1. The Labute approximate surface area is 329 Å². The van der Waals surface area contributed by atoms with Gasteiger partial charge in [0.2, 0.25) is 17.6 Å². The minimum absolute atomic E-state index is 0.113. The summed E-state index contributed by atoms with van der Waals surface area (Å²) in [5.74, 6) is 0.587. The number of carbonyl (C=O) groups excluding carboxylic acids is 2. The number of nitrogens with one attached hydrogen (secondary N) is 2. The maximum Gasteiger partial charge on any atom is 0.245 e. The van der Waals surface area contributed by atoms with Crippen molar-refractivity contribution in [2.45, 2.75) is 48.1 Å². The topological polar surface area (TPSA) is 119 Å². The number of amides is 2. The minimum Gasteiger partial charge on any atom is -0.344 e. The lowest BCUT2D eigenvalue weighted by molar-refractivity contribution is -0.119. The highest BCUT2D eigenvalue weighted by Gasteiger charge is 2.27. The lowest BCUT2D eigenvalue weighted by Crippen LogP contribution is -2.30. The van der Waals surface area contributed by atoms with Gasteiger partial charge in [-0.3, -0.25) is 9.59 Å². The number of rotatable bonds is 12. The van der Waals surface area contributed by atoms with Crippen molar-refractivity contribution in [3.63, 3.8) is 0 Å². The fourth-order valence-corrected chi connectivity index (χ4v) is 10.2. The maximum atomic E-state index is 13.6. The molecule has 0 radical (unpaired) electrons. The standard InChI is InChI=1S/C42H36N8O2S3/c51-33(43-36(27-15-5-1-6-16-27)28-17-7-2-8-18-28)25-53-41-47-45-38-35-31-23-13-14-24-32(31)55-39(35)50-40(49(38)41)46-48-42(50)54-26-34(52)44-37(29-19-9-3-10-20-29)30-21-11-4-12-22-30/h1-12,15-22,36-37H,13-14,23-26H2,(H,43,51)(H,44,52). The molecule has 1 aliphatic carbocycles. The van der Waals surface area contributed by atoms with Crippen molar-refractivity contribution in [1.82, 2.24) is 39.8 Å². The van der Waals surface area contributed by atoms with Gasteiger partial charge in [-0.15, -0.1) is 31.7 Å². The molecule has 4 aromatic carbocycles. The predicted molar refractivity (Wildman–Crippen MR) is 219 cm³/mol. The SMILES string of the molecule is O=C(CSc1nnc2c3c4c(sc3n3c(SCC(=O)NC(c5ccccc5)c5ccccc5)nnc3n12)CCCC4)NC(c1ccccc1)c1ccccc1. The number of aryl methyl sites for hydroxylation is 2. The zero-order valence-electron chi connectivity index (χ0n) is 29.7. The second kappa shape index (κ2) is 15.7. The third kappa shape index (κ3) is 7.10. The molecule has 9 rings (SSSR count). The van der Waals surface area contributed by atoms with Crippen LogP contribution >= 0.6 is 34.9 Å². The Balaban J connectivity index is 1.01. The number of fused-ring (bicyclic) bond motifs is 8. The van der Waals surface area contributed by atoms with Crippen LogP contribution in [0.1, 0.15) is 57.6 Å². The second-order valence-corrected chi connectivity index (χ2v) is 16.3. The van der Waals surface area contributed by atoms with Crippen molar-refractivity contribution in [3.8, 4) is 0 Å². The molecule has 4 heterocycles. The Morgan fingerprint density at radius 3 is 1.56 bits per heavy atom. The van der Waals surface area contributed by atoms with Crippen molar-refractivity contribution < 1.29 is 9.59 Å². The quantitative estimate of drug-likeness (QED) is 0.120. The molecule has 0 unspecified atom stereocenters. The van der Waals surface area contributed by atoms with Crippen molar-refractivity contribution in [1.29, 1.82) is 0 Å². The van der Waals surface area contributed by atoms with Gasteiger partial charge in [-0.2, -0.15) is 0 Å². The molecule has 0 spiro atoms. The van der Waals surface area contributed by atoms with Gasteiger partial charge in [-0.05, 0) is 53.5 Å². The molecule has 0 atom stereocenters. The fraction of sp³-hybridized carbons (Fsp3) is 0.190. The summed E-state index contributed by atoms with van der Waals surface area (Å²) in [5.41, 5.74) is 6.04. The molecule has 0 bridgehead atoms. The maximum absolute atomic E-state index is 13.6. The first-order valence-electron chi connectivity index (χ1n) is 18.2. The van der Waals surface area contributed by atoms with E-state index in [9.17, 15) is 9.59 Å². The van der Waals surface area contributed by atoms with Gasteiger partial charge < -0.3 is 10.6 Å². The van der Waals surface area contributed by atoms with Crippen LogP contribution in [-0.4, -0.2) is 52.5 Å². The highest BCUT2D eigenvalue weighted by atomic mass is 32.2. The Bertz CT molecular complexity index is 2530. The van der Waals surface area contributed by atoms with E-state index >= 15 is 0 Å². The van der Waals surface area contributed by atoms with Gasteiger partial charge in [-0.1, -0.05) is 145 Å². The number of hydrogen-bond acceptors (Lipinski definition) is 9. The van der Waals surface area contributed by atoms with E-state index in [1.807, 2.05) is 130 Å². The van der Waals surface area contributed by atoms with Gasteiger partial charge in [0.1, 0.15) is 4.83 Å². The van der Waals surface area contributed by atoms with Crippen LogP contribution in [0.15, 0.2) is 132 Å². The smallest absolute Gasteiger partial charge is 0.245 e. The van der Waals surface area contributed by atoms with Crippen LogP contribution in [0.5, 0.6) is 0 Å². The molecular formula is C42H36N8O2S3. The van der Waals surface area contributed by atoms with Gasteiger partial charge in [0, 0.05) is 4.88 Å². The lowest BCUT2D eigenvalue weighted by Gasteiger charge is -2.19. The molecule has 13 heteroatoms. The first kappa shape index (κ1) is 35.2. The highest BCUT2D eigenvalue weighted by molar-refractivity contribution is 8.00. The molecule has 2 N–H and O–H groups in total. The number of benzene rings is 4. The van der Waals surface area contributed by atoms with E-state index in [1.165, 1.54) is 34.0 Å². The van der Waals surface area contributed by atoms with Gasteiger partial charge in [0.05, 0.1) is 29.0 Å². The largest absolute Gasteiger partial charge is 0.344 e. The van der Waals surface area contributed by atoms with E-state index in [1.54, 1.807) is 11.3 Å². The van der Waals surface area contributed by atoms with Crippen LogP contribution in [0.3, 0.4) is 0 Å². The Morgan fingerprint density at radius 1 is 0.600 bits per heavy atom. The van der Waals surface area contributed by atoms with Crippen LogP contribution in [0, 0.1) is 0 Å². The third-order valence-electron chi connectivity index (χ3n) is 9.84. The molecule has 10 nitrogen and oxygen atoms in total. The lowest BCUT2D eigenvalue weighted by atomic mass is 9.97. The van der Waals surface area contributed by atoms with Crippen LogP contribution in [-0.2, 0) is 22.4 Å². The number of hydrogen-bond donors (Lipinski definition) is 2. The number of carbonyl (C=O) groups is 2. The number of aromatic nitrogens is 6. The van der Waals surface area contributed by atoms with Crippen LogP contribution in [0.2, 0.25) is 0 Å². The summed E-state index contributed by atoms with van der Waals surface area (Å²) in [6.07, 6.45) is 4.22. The summed E-state index contributed by atoms with van der Waals surface area (Å²) in [6, 6.07) is 39.4. The van der Waals surface area contributed by atoms with Crippen LogP contribution < -0.4 is 10.6 Å². The Morgan fingerprint density at radius 2 is 1.05 bits per heavy atom. The van der Waals surface area contributed by atoms with Crippen molar-refractivity contribution in [2.75, 3.05) is 11.5 Å². The van der Waals surface area contributed by atoms with Crippen molar-refractivity contribution >= 4 is 68.3 Å². The minimum atomic E-state index is -0.293. The number of nitrogens with zero attached hydrogens (tertiary/aromatic N) is 6. The van der Waals surface area contributed by atoms with E-state index in [4.69, 9.17) is 5.10 Å². The molecule has 274 valence electrons. The second-order valence-electron chi connectivity index (χ2n) is 13.4. The molecule has 2 amide bonds. The van der Waals surface area contributed by atoms with Crippen molar-refractivity contribution in [2.24, 2.45) is 0 Å². The number of thioether (sulfide) groups is 2. The summed E-state index contributed by atoms with van der Waals surface area (Å²) >= 11 is 4.42. The fourth-order valence-electron chi connectivity index (χ4n) is 7.29. The highest BCUT2D eigenvalue weighted by Crippen LogP contribution is 2.41. The molecule has 0 saturated heterocycles. The molecule has 0 fully saturated rings. The molecule has 0 aliphatic heterocycles. The number of thiophene rings is 1. The molecule has 4 aromatic heterocycles. The zero-order chi connectivity index (χ0) is 37.1. The Kier molecular flexibility index (Phi) is 10.0. The molecule has 55 heavy (non-hydrogen) atoms. The average Bonchev–Trinajstić information content (AvgIpc) is 3.97. The van der Waals surface area contributed by atoms with Gasteiger partial charge in [-0.25, -0.2) is 8.80 Å².